The van der Waals surface area contributed by atoms with Crippen LogP contribution in [0.4, 0.5) is 5.82 Å². The highest BCUT2D eigenvalue weighted by Gasteiger charge is 2.32. The molecule has 0 bridgehead atoms. The van der Waals surface area contributed by atoms with Crippen molar-refractivity contribution in [3.8, 4) is 0 Å². The number of aryl methyl sites for hydroxylation is 1. The van der Waals surface area contributed by atoms with Gasteiger partial charge in [-0.1, -0.05) is 12.8 Å². The Hall–Kier alpha value is -1.99. The molecule has 1 aliphatic carbocycles. The molecule has 2 atom stereocenters. The third kappa shape index (κ3) is 4.40. The summed E-state index contributed by atoms with van der Waals surface area (Å²) in [5.74, 6) is 0.346. The molecule has 1 aliphatic heterocycles. The summed E-state index contributed by atoms with van der Waals surface area (Å²) in [5.41, 5.74) is 1.34. The van der Waals surface area contributed by atoms with Crippen molar-refractivity contribution < 1.29 is 9.90 Å². The second-order valence-corrected chi connectivity index (χ2v) is 7.52. The minimum absolute atomic E-state index is 0.0981. The number of nitrogens with zero attached hydrogens (tertiary/aromatic N) is 2. The van der Waals surface area contributed by atoms with Crippen LogP contribution in [0.15, 0.2) is 12.3 Å². The van der Waals surface area contributed by atoms with E-state index in [1.54, 1.807) is 12.3 Å². The van der Waals surface area contributed by atoms with Crippen LogP contribution < -0.4 is 15.5 Å². The van der Waals surface area contributed by atoms with Gasteiger partial charge in [-0.15, -0.1) is 0 Å². The number of aliphatic hydroxyl groups is 1. The molecule has 1 aromatic rings. The minimum atomic E-state index is -0.493. The summed E-state index contributed by atoms with van der Waals surface area (Å²) in [6.07, 6.45) is 6.99. The number of carbonyl (C=O) groups excluding carboxylic acids is 1. The van der Waals surface area contributed by atoms with Crippen LogP contribution in [0.3, 0.4) is 0 Å². The van der Waals surface area contributed by atoms with Gasteiger partial charge in [-0.05, 0) is 44.7 Å². The number of rotatable bonds is 4. The summed E-state index contributed by atoms with van der Waals surface area (Å²) >= 11 is 0. The van der Waals surface area contributed by atoms with E-state index in [1.165, 1.54) is 32.6 Å². The van der Waals surface area contributed by atoms with Gasteiger partial charge < -0.3 is 20.6 Å². The van der Waals surface area contributed by atoms with Crippen molar-refractivity contribution in [1.82, 2.24) is 15.6 Å². The number of pyridine rings is 1. The van der Waals surface area contributed by atoms with Crippen molar-refractivity contribution in [2.24, 2.45) is 0 Å². The van der Waals surface area contributed by atoms with Crippen molar-refractivity contribution in [2.45, 2.75) is 64.1 Å². The minimum Gasteiger partial charge on any atom is -0.390 e. The van der Waals surface area contributed by atoms with Crippen LogP contribution in [-0.4, -0.2) is 53.1 Å². The Balaban J connectivity index is 1.71. The highest BCUT2D eigenvalue weighted by Crippen LogP contribution is 2.25. The number of amides is 1. The molecule has 7 nitrogen and oxygen atoms in total. The summed E-state index contributed by atoms with van der Waals surface area (Å²) in [5, 5.41) is 24.3. The van der Waals surface area contributed by atoms with E-state index >= 15 is 0 Å². The van der Waals surface area contributed by atoms with Gasteiger partial charge in [-0.3, -0.25) is 10.2 Å². The van der Waals surface area contributed by atoms with Gasteiger partial charge in [0.2, 0.25) is 0 Å². The molecule has 0 spiro atoms. The zero-order valence-electron chi connectivity index (χ0n) is 15.6. The standard InChI is InChI=1S/C19H29N5O2/c1-12-9-15(19(26)22-13(2)20)18(21-10-12)24-8-7-16(17(25)11-24)23-14-5-3-4-6-14/h9-10,14,16-17,23,25H,3-8,11H2,1-2H3,(H2,20,22,26)/t16-,17+/m0/s1. The number of aliphatic hydroxyl groups excluding tert-OH is 1. The van der Waals surface area contributed by atoms with Crippen LogP contribution in [0.25, 0.3) is 0 Å². The molecule has 142 valence electrons. The Kier molecular flexibility index (Phi) is 5.88. The van der Waals surface area contributed by atoms with Gasteiger partial charge in [0.1, 0.15) is 5.82 Å². The SMILES string of the molecule is CC(=N)NC(=O)c1cc(C)cnc1N1CC[C@H](NC2CCCC2)[C@H](O)C1. The lowest BCUT2D eigenvalue weighted by atomic mass is 9.99. The van der Waals surface area contributed by atoms with Gasteiger partial charge >= 0.3 is 0 Å². The zero-order chi connectivity index (χ0) is 18.7. The molecule has 0 radical (unpaired) electrons. The van der Waals surface area contributed by atoms with Gasteiger partial charge in [-0.25, -0.2) is 4.98 Å². The summed E-state index contributed by atoms with van der Waals surface area (Å²) < 4.78 is 0. The van der Waals surface area contributed by atoms with Crippen molar-refractivity contribution in [3.05, 3.63) is 23.4 Å². The Morgan fingerprint density at radius 3 is 2.73 bits per heavy atom. The Morgan fingerprint density at radius 2 is 2.08 bits per heavy atom. The maximum Gasteiger partial charge on any atom is 0.260 e. The quantitative estimate of drug-likeness (QED) is 0.483. The Labute approximate surface area is 154 Å². The number of hydrogen-bond donors (Lipinski definition) is 4. The number of aromatic nitrogens is 1. The van der Waals surface area contributed by atoms with Gasteiger partial charge in [-0.2, -0.15) is 0 Å². The number of hydrogen-bond acceptors (Lipinski definition) is 6. The van der Waals surface area contributed by atoms with Crippen LogP contribution in [0.5, 0.6) is 0 Å². The molecule has 3 rings (SSSR count). The largest absolute Gasteiger partial charge is 0.390 e. The predicted molar refractivity (Wildman–Crippen MR) is 102 cm³/mol. The third-order valence-electron chi connectivity index (χ3n) is 5.24. The highest BCUT2D eigenvalue weighted by molar-refractivity contribution is 6.07. The number of anilines is 1. The second kappa shape index (κ2) is 8.14. The van der Waals surface area contributed by atoms with Crippen LogP contribution in [0.2, 0.25) is 0 Å². The van der Waals surface area contributed by atoms with Crippen LogP contribution in [-0.2, 0) is 0 Å². The maximum atomic E-state index is 12.5. The fraction of sp³-hybridized carbons (Fsp3) is 0.632. The van der Waals surface area contributed by atoms with Crippen LogP contribution in [0, 0.1) is 12.3 Å². The van der Waals surface area contributed by atoms with E-state index in [0.29, 0.717) is 24.0 Å². The van der Waals surface area contributed by atoms with E-state index in [2.05, 4.69) is 15.6 Å². The molecule has 2 aliphatic rings. The summed E-state index contributed by atoms with van der Waals surface area (Å²) in [7, 11) is 0. The normalized spacial score (nSPS) is 23.9. The van der Waals surface area contributed by atoms with Crippen LogP contribution in [0.1, 0.15) is 54.9 Å². The van der Waals surface area contributed by atoms with E-state index in [4.69, 9.17) is 5.41 Å². The lowest BCUT2D eigenvalue weighted by Gasteiger charge is -2.38. The lowest BCUT2D eigenvalue weighted by molar-refractivity contribution is 0.0971. The summed E-state index contributed by atoms with van der Waals surface area (Å²) in [6, 6.07) is 2.41. The van der Waals surface area contributed by atoms with Gasteiger partial charge in [0.25, 0.3) is 5.91 Å². The highest BCUT2D eigenvalue weighted by atomic mass is 16.3. The molecule has 4 N–H and O–H groups in total. The average Bonchev–Trinajstić information content (AvgIpc) is 3.09. The summed E-state index contributed by atoms with van der Waals surface area (Å²) in [6.45, 7) is 4.60. The third-order valence-corrected chi connectivity index (χ3v) is 5.24. The summed E-state index contributed by atoms with van der Waals surface area (Å²) in [4.78, 5) is 18.9. The van der Waals surface area contributed by atoms with E-state index in [1.807, 2.05) is 11.8 Å². The van der Waals surface area contributed by atoms with Crippen molar-refractivity contribution in [2.75, 3.05) is 18.0 Å². The lowest BCUT2D eigenvalue weighted by Crippen LogP contribution is -2.55. The topological polar surface area (TPSA) is 101 Å². The zero-order valence-corrected chi connectivity index (χ0v) is 15.6. The molecule has 2 fully saturated rings. The first-order chi connectivity index (χ1) is 12.4. The molecule has 1 saturated carbocycles. The van der Waals surface area contributed by atoms with E-state index < -0.39 is 6.10 Å². The molecule has 1 aromatic heterocycles. The second-order valence-electron chi connectivity index (χ2n) is 7.52. The molecule has 0 unspecified atom stereocenters. The maximum absolute atomic E-state index is 12.5. The molecular formula is C19H29N5O2. The first-order valence-electron chi connectivity index (χ1n) is 9.46. The number of carbonyl (C=O) groups is 1. The molecule has 7 heteroatoms. The number of amidine groups is 1. The van der Waals surface area contributed by atoms with E-state index in [-0.39, 0.29) is 17.8 Å². The van der Waals surface area contributed by atoms with Crippen LogP contribution >= 0.6 is 0 Å². The van der Waals surface area contributed by atoms with Gasteiger partial charge in [0, 0.05) is 31.4 Å². The monoisotopic (exact) mass is 359 g/mol. The van der Waals surface area contributed by atoms with E-state index in [0.717, 1.165) is 18.5 Å². The molecule has 1 saturated heterocycles. The fourth-order valence-electron chi connectivity index (χ4n) is 3.93. The van der Waals surface area contributed by atoms with Crippen molar-refractivity contribution in [3.63, 3.8) is 0 Å². The number of nitrogens with one attached hydrogen (secondary N) is 3. The van der Waals surface area contributed by atoms with Crippen molar-refractivity contribution >= 4 is 17.6 Å². The Morgan fingerprint density at radius 1 is 1.35 bits per heavy atom. The number of β-amino-alcohol motifs (C(OH)–C–C–N with tert-alkyl or cyclic N) is 1. The molecular weight excluding hydrogens is 330 g/mol. The van der Waals surface area contributed by atoms with E-state index in [9.17, 15) is 9.90 Å². The molecule has 1 amide bonds. The fourth-order valence-corrected chi connectivity index (χ4v) is 3.93. The van der Waals surface area contributed by atoms with Gasteiger partial charge in [0.15, 0.2) is 0 Å². The molecule has 26 heavy (non-hydrogen) atoms. The number of piperidine rings is 1. The molecule has 0 aromatic carbocycles. The van der Waals surface area contributed by atoms with Gasteiger partial charge in [0.05, 0.1) is 17.5 Å². The predicted octanol–water partition coefficient (Wildman–Crippen LogP) is 1.59. The average molecular weight is 359 g/mol. The Bertz CT molecular complexity index is 672. The van der Waals surface area contributed by atoms with Crippen molar-refractivity contribution in [1.29, 1.82) is 5.41 Å². The molecule has 2 heterocycles. The smallest absolute Gasteiger partial charge is 0.260 e. The first kappa shape index (κ1) is 18.8. The first-order valence-corrected chi connectivity index (χ1v) is 9.46.